The molecule has 5 nitrogen and oxygen atoms in total. The van der Waals surface area contributed by atoms with Gasteiger partial charge in [-0.15, -0.1) is 0 Å². The molecule has 26 heavy (non-hydrogen) atoms. The molecule has 1 amide bonds. The molecule has 0 spiro atoms. The molecule has 0 aliphatic rings. The number of rotatable bonds is 4. The van der Waals surface area contributed by atoms with Gasteiger partial charge in [-0.25, -0.2) is 4.98 Å². The summed E-state index contributed by atoms with van der Waals surface area (Å²) in [5.41, 5.74) is 4.80. The van der Waals surface area contributed by atoms with Gasteiger partial charge in [-0.3, -0.25) is 20.6 Å². The zero-order valence-corrected chi connectivity index (χ0v) is 13.3. The molecule has 0 saturated carbocycles. The van der Waals surface area contributed by atoms with Crippen LogP contribution in [0.15, 0.2) is 67.0 Å². The van der Waals surface area contributed by atoms with Crippen molar-refractivity contribution in [2.24, 2.45) is 0 Å². The number of hydrogen-bond acceptors (Lipinski definition) is 4. The molecule has 0 saturated heterocycles. The summed E-state index contributed by atoms with van der Waals surface area (Å²) in [6, 6.07) is 13.4. The van der Waals surface area contributed by atoms with Gasteiger partial charge < -0.3 is 0 Å². The molecular formula is C18H13F3N4O. The average Bonchev–Trinajstić information content (AvgIpc) is 2.66. The highest BCUT2D eigenvalue weighted by molar-refractivity contribution is 5.94. The van der Waals surface area contributed by atoms with Crippen LogP contribution in [0.4, 0.5) is 19.0 Å². The zero-order valence-electron chi connectivity index (χ0n) is 13.3. The maximum atomic E-state index is 13.2. The Balaban J connectivity index is 1.87. The molecule has 132 valence electrons. The number of halogens is 3. The molecule has 3 rings (SSSR count). The van der Waals surface area contributed by atoms with Gasteiger partial charge in [-0.05, 0) is 24.3 Å². The highest BCUT2D eigenvalue weighted by Crippen LogP contribution is 2.33. The van der Waals surface area contributed by atoms with Crippen LogP contribution < -0.4 is 10.9 Å². The number of benzene rings is 1. The second-order valence-corrected chi connectivity index (χ2v) is 5.31. The Kier molecular flexibility index (Phi) is 4.83. The molecule has 2 heterocycles. The second-order valence-electron chi connectivity index (χ2n) is 5.31. The Morgan fingerprint density at radius 3 is 2.42 bits per heavy atom. The third-order valence-corrected chi connectivity index (χ3v) is 3.45. The Labute approximate surface area is 146 Å². The van der Waals surface area contributed by atoms with E-state index in [1.54, 1.807) is 36.4 Å². The molecule has 0 atom stereocenters. The topological polar surface area (TPSA) is 66.9 Å². The van der Waals surface area contributed by atoms with E-state index in [1.807, 2.05) is 0 Å². The molecule has 0 radical (unpaired) electrons. The summed E-state index contributed by atoms with van der Waals surface area (Å²) in [7, 11) is 0. The maximum absolute atomic E-state index is 13.2. The number of pyridine rings is 2. The number of anilines is 1. The number of carbonyl (C=O) groups is 1. The molecule has 0 aliphatic heterocycles. The standard InChI is InChI=1S/C18H13F3N4O/c19-18(20,21)14-9-15(12-5-2-1-3-6-12)23-16(10-14)24-25-17(26)13-7-4-8-22-11-13/h1-11H,(H,23,24)(H,25,26). The summed E-state index contributed by atoms with van der Waals surface area (Å²) in [6.45, 7) is 0. The smallest absolute Gasteiger partial charge is 0.282 e. The first kappa shape index (κ1) is 17.4. The van der Waals surface area contributed by atoms with E-state index in [1.165, 1.54) is 18.5 Å². The van der Waals surface area contributed by atoms with Crippen molar-refractivity contribution in [3.05, 3.63) is 78.1 Å². The number of carbonyl (C=O) groups excluding carboxylic acids is 1. The lowest BCUT2D eigenvalue weighted by Crippen LogP contribution is -2.30. The molecule has 2 N–H and O–H groups in total. The zero-order chi connectivity index (χ0) is 18.6. The van der Waals surface area contributed by atoms with Crippen molar-refractivity contribution in [3.8, 4) is 11.3 Å². The largest absolute Gasteiger partial charge is 0.416 e. The highest BCUT2D eigenvalue weighted by Gasteiger charge is 2.31. The van der Waals surface area contributed by atoms with E-state index < -0.39 is 17.6 Å². The van der Waals surface area contributed by atoms with Crippen molar-refractivity contribution in [2.75, 3.05) is 5.43 Å². The van der Waals surface area contributed by atoms with Crippen molar-refractivity contribution >= 4 is 11.7 Å². The number of hydrazine groups is 1. The average molecular weight is 358 g/mol. The number of amides is 1. The van der Waals surface area contributed by atoms with Gasteiger partial charge in [0.15, 0.2) is 0 Å². The van der Waals surface area contributed by atoms with Crippen molar-refractivity contribution in [1.29, 1.82) is 0 Å². The monoisotopic (exact) mass is 358 g/mol. The molecule has 0 aliphatic carbocycles. The number of nitrogens with one attached hydrogen (secondary N) is 2. The van der Waals surface area contributed by atoms with Gasteiger partial charge >= 0.3 is 6.18 Å². The molecule has 0 unspecified atom stereocenters. The van der Waals surface area contributed by atoms with Crippen LogP contribution in [0.5, 0.6) is 0 Å². The van der Waals surface area contributed by atoms with Crippen LogP contribution in [0, 0.1) is 0 Å². The van der Waals surface area contributed by atoms with Crippen molar-refractivity contribution in [1.82, 2.24) is 15.4 Å². The summed E-state index contributed by atoms with van der Waals surface area (Å²) in [4.78, 5) is 19.9. The minimum absolute atomic E-state index is 0.129. The molecule has 0 bridgehead atoms. The number of hydrogen-bond donors (Lipinski definition) is 2. The molecule has 0 fully saturated rings. The van der Waals surface area contributed by atoms with Gasteiger partial charge in [0.05, 0.1) is 16.8 Å². The second kappa shape index (κ2) is 7.22. The summed E-state index contributed by atoms with van der Waals surface area (Å²) in [5.74, 6) is -0.672. The van der Waals surface area contributed by atoms with Crippen LogP contribution in [0.2, 0.25) is 0 Å². The van der Waals surface area contributed by atoms with Gasteiger partial charge in [0, 0.05) is 18.0 Å². The molecule has 1 aromatic carbocycles. The lowest BCUT2D eigenvalue weighted by Gasteiger charge is -2.13. The summed E-state index contributed by atoms with van der Waals surface area (Å²) >= 11 is 0. The normalized spacial score (nSPS) is 11.0. The number of aromatic nitrogens is 2. The Hall–Kier alpha value is -3.42. The SMILES string of the molecule is O=C(NNc1cc(C(F)(F)F)cc(-c2ccccc2)n1)c1cccnc1. The predicted octanol–water partition coefficient (Wildman–Crippen LogP) is 3.92. The van der Waals surface area contributed by atoms with Gasteiger partial charge in [0.25, 0.3) is 5.91 Å². The quantitative estimate of drug-likeness (QED) is 0.694. The first-order valence-corrected chi connectivity index (χ1v) is 7.54. The molecular weight excluding hydrogens is 345 g/mol. The highest BCUT2D eigenvalue weighted by atomic mass is 19.4. The Morgan fingerprint density at radius 2 is 1.77 bits per heavy atom. The van der Waals surface area contributed by atoms with Crippen LogP contribution in [-0.4, -0.2) is 15.9 Å². The fourth-order valence-electron chi connectivity index (χ4n) is 2.21. The van der Waals surface area contributed by atoms with E-state index in [-0.39, 0.29) is 17.1 Å². The minimum atomic E-state index is -4.55. The van der Waals surface area contributed by atoms with Crippen molar-refractivity contribution in [3.63, 3.8) is 0 Å². The Bertz CT molecular complexity index is 899. The first-order valence-electron chi connectivity index (χ1n) is 7.54. The first-order chi connectivity index (χ1) is 12.4. The van der Waals surface area contributed by atoms with Crippen LogP contribution >= 0.6 is 0 Å². The van der Waals surface area contributed by atoms with Crippen molar-refractivity contribution < 1.29 is 18.0 Å². The van der Waals surface area contributed by atoms with Crippen LogP contribution in [-0.2, 0) is 6.18 Å². The fourth-order valence-corrected chi connectivity index (χ4v) is 2.21. The van der Waals surface area contributed by atoms with Crippen LogP contribution in [0.3, 0.4) is 0 Å². The number of nitrogens with zero attached hydrogens (tertiary/aromatic N) is 2. The van der Waals surface area contributed by atoms with Crippen LogP contribution in [0.1, 0.15) is 15.9 Å². The lowest BCUT2D eigenvalue weighted by atomic mass is 10.1. The lowest BCUT2D eigenvalue weighted by molar-refractivity contribution is -0.137. The summed E-state index contributed by atoms with van der Waals surface area (Å²) in [6.07, 6.45) is -1.70. The Morgan fingerprint density at radius 1 is 1.00 bits per heavy atom. The fraction of sp³-hybridized carbons (Fsp3) is 0.0556. The molecule has 3 aromatic rings. The minimum Gasteiger partial charge on any atom is -0.282 e. The van der Waals surface area contributed by atoms with Gasteiger partial charge in [0.1, 0.15) is 5.82 Å². The summed E-state index contributed by atoms with van der Waals surface area (Å²) < 4.78 is 39.5. The molecule has 8 heteroatoms. The third-order valence-electron chi connectivity index (χ3n) is 3.45. The predicted molar refractivity (Wildman–Crippen MR) is 90.0 cm³/mol. The van der Waals surface area contributed by atoms with Gasteiger partial charge in [-0.1, -0.05) is 30.3 Å². The van der Waals surface area contributed by atoms with Gasteiger partial charge in [-0.2, -0.15) is 13.2 Å². The third kappa shape index (κ3) is 4.15. The van der Waals surface area contributed by atoms with Crippen LogP contribution in [0.25, 0.3) is 11.3 Å². The van der Waals surface area contributed by atoms with E-state index in [2.05, 4.69) is 20.8 Å². The van der Waals surface area contributed by atoms with E-state index in [4.69, 9.17) is 0 Å². The van der Waals surface area contributed by atoms with Crippen molar-refractivity contribution in [2.45, 2.75) is 6.18 Å². The van der Waals surface area contributed by atoms with E-state index in [9.17, 15) is 18.0 Å². The summed E-state index contributed by atoms with van der Waals surface area (Å²) in [5, 5.41) is 0. The van der Waals surface area contributed by atoms with E-state index >= 15 is 0 Å². The number of alkyl halides is 3. The maximum Gasteiger partial charge on any atom is 0.416 e. The van der Waals surface area contributed by atoms with Gasteiger partial charge in [0.2, 0.25) is 0 Å². The van der Waals surface area contributed by atoms with E-state index in [0.717, 1.165) is 12.1 Å². The van der Waals surface area contributed by atoms with E-state index in [0.29, 0.717) is 5.56 Å². The molecule has 2 aromatic heterocycles.